The summed E-state index contributed by atoms with van der Waals surface area (Å²) in [7, 11) is 1.99. The smallest absolute Gasteiger partial charge is 0.259 e. The second kappa shape index (κ2) is 9.37. The number of hydrogen-bond donors (Lipinski definition) is 1. The highest BCUT2D eigenvalue weighted by Crippen LogP contribution is 2.51. The topological polar surface area (TPSA) is 93.2 Å². The van der Waals surface area contributed by atoms with Gasteiger partial charge in [0.15, 0.2) is 5.65 Å². The first-order valence-corrected chi connectivity index (χ1v) is 13.2. The molecule has 1 aliphatic carbocycles. The van der Waals surface area contributed by atoms with E-state index in [0.717, 1.165) is 55.1 Å². The predicted molar refractivity (Wildman–Crippen MR) is 141 cm³/mol. The van der Waals surface area contributed by atoms with Crippen molar-refractivity contribution < 1.29 is 4.79 Å². The van der Waals surface area contributed by atoms with Crippen LogP contribution in [0.15, 0.2) is 49.2 Å². The molecule has 37 heavy (non-hydrogen) atoms. The number of carbonyl (C=O) groups is 1. The number of likely N-dealkylation sites (tertiary alicyclic amines) is 1. The van der Waals surface area contributed by atoms with Gasteiger partial charge in [0, 0.05) is 32.0 Å². The van der Waals surface area contributed by atoms with Gasteiger partial charge in [-0.15, -0.1) is 10.2 Å². The van der Waals surface area contributed by atoms with E-state index in [1.165, 1.54) is 19.2 Å². The number of aromatic nitrogens is 6. The number of pyridine rings is 1. The fourth-order valence-corrected chi connectivity index (χ4v) is 6.41. The van der Waals surface area contributed by atoms with Crippen LogP contribution in [-0.2, 0) is 19.0 Å². The highest BCUT2D eigenvalue weighted by atomic mass is 16.1. The van der Waals surface area contributed by atoms with Crippen molar-refractivity contribution in [3.63, 3.8) is 0 Å². The molecule has 9 nitrogen and oxygen atoms in total. The van der Waals surface area contributed by atoms with Crippen molar-refractivity contribution in [1.82, 2.24) is 34.3 Å². The lowest BCUT2D eigenvalue weighted by Gasteiger charge is -2.46. The van der Waals surface area contributed by atoms with E-state index in [-0.39, 0.29) is 11.3 Å². The van der Waals surface area contributed by atoms with Gasteiger partial charge >= 0.3 is 0 Å². The van der Waals surface area contributed by atoms with Crippen LogP contribution in [-0.4, -0.2) is 53.3 Å². The Morgan fingerprint density at radius 2 is 2.05 bits per heavy atom. The molecule has 3 aromatic heterocycles. The second-order valence-electron chi connectivity index (χ2n) is 11.2. The Balaban J connectivity index is 1.28. The van der Waals surface area contributed by atoms with Gasteiger partial charge in [-0.05, 0) is 73.4 Å². The number of carbonyl (C=O) groups excluding carboxylic acids is 1. The lowest BCUT2D eigenvalue weighted by molar-refractivity contribution is 0.102. The number of anilines is 1. The number of amides is 1. The van der Waals surface area contributed by atoms with Crippen molar-refractivity contribution in [3.05, 3.63) is 71.7 Å². The molecule has 2 aliphatic rings. The van der Waals surface area contributed by atoms with Crippen LogP contribution in [0.25, 0.3) is 5.65 Å². The largest absolute Gasteiger partial charge is 0.322 e. The number of benzene rings is 1. The van der Waals surface area contributed by atoms with E-state index in [2.05, 4.69) is 56.5 Å². The third kappa shape index (κ3) is 4.41. The van der Waals surface area contributed by atoms with E-state index in [4.69, 9.17) is 0 Å². The Hall–Kier alpha value is -3.59. The predicted octanol–water partition coefficient (Wildman–Crippen LogP) is 4.06. The number of piperidine rings is 1. The maximum atomic E-state index is 13.6. The van der Waals surface area contributed by atoms with E-state index >= 15 is 0 Å². The number of hydrogen-bond acceptors (Lipinski definition) is 6. The van der Waals surface area contributed by atoms with E-state index < -0.39 is 0 Å². The SMILES string of the molecule is CC1CC(c2cccc(NC(=O)c3cc(CN4CCC[C@H](C)C4)cn4ncnc34)c2)(c2nncn2C)C1. The molecule has 1 N–H and O–H groups in total. The first-order valence-electron chi connectivity index (χ1n) is 13.2. The highest BCUT2D eigenvalue weighted by Gasteiger charge is 2.48. The van der Waals surface area contributed by atoms with Crippen LogP contribution in [0, 0.1) is 11.8 Å². The van der Waals surface area contributed by atoms with Gasteiger partial charge in [0.2, 0.25) is 0 Å². The van der Waals surface area contributed by atoms with E-state index in [0.29, 0.717) is 23.0 Å². The van der Waals surface area contributed by atoms with Crippen molar-refractivity contribution >= 4 is 17.2 Å². The van der Waals surface area contributed by atoms with Crippen LogP contribution < -0.4 is 5.32 Å². The minimum atomic E-state index is -0.183. The molecular formula is C28H34N8O. The van der Waals surface area contributed by atoms with E-state index in [1.54, 1.807) is 10.8 Å². The van der Waals surface area contributed by atoms with E-state index in [1.807, 2.05) is 36.0 Å². The van der Waals surface area contributed by atoms with Gasteiger partial charge in [-0.25, -0.2) is 9.50 Å². The summed E-state index contributed by atoms with van der Waals surface area (Å²) in [4.78, 5) is 20.4. The van der Waals surface area contributed by atoms with Crippen molar-refractivity contribution in [1.29, 1.82) is 0 Å². The summed E-state index contributed by atoms with van der Waals surface area (Å²) in [6.07, 6.45) is 9.76. The number of rotatable bonds is 6. The summed E-state index contributed by atoms with van der Waals surface area (Å²) in [5.41, 5.74) is 3.89. The minimum Gasteiger partial charge on any atom is -0.322 e. The van der Waals surface area contributed by atoms with Crippen LogP contribution in [0.3, 0.4) is 0 Å². The standard InChI is InChI=1S/C28H34N8O/c1-19-6-5-9-35(14-19)15-21-10-24(25-29-17-31-36(25)16-21)26(37)32-23-8-4-7-22(11-23)28(12-20(2)13-28)27-33-30-18-34(27)3/h4,7-8,10-11,16-20H,5-6,9,12-15H2,1-3H3,(H,32,37)/t19-,20?,28?/m0/s1. The molecule has 192 valence electrons. The fourth-order valence-electron chi connectivity index (χ4n) is 6.41. The molecule has 0 spiro atoms. The van der Waals surface area contributed by atoms with Gasteiger partial charge < -0.3 is 9.88 Å². The van der Waals surface area contributed by atoms with Crippen molar-refractivity contribution in [3.8, 4) is 0 Å². The third-order valence-corrected chi connectivity index (χ3v) is 8.03. The summed E-state index contributed by atoms with van der Waals surface area (Å²) in [6, 6.07) is 10.1. The Kier molecular flexibility index (Phi) is 6.03. The lowest BCUT2D eigenvalue weighted by atomic mass is 9.58. The second-order valence-corrected chi connectivity index (χ2v) is 11.2. The molecule has 1 aliphatic heterocycles. The summed E-state index contributed by atoms with van der Waals surface area (Å²) in [5.74, 6) is 2.10. The third-order valence-electron chi connectivity index (χ3n) is 8.03. The Morgan fingerprint density at radius 3 is 2.81 bits per heavy atom. The zero-order valence-corrected chi connectivity index (χ0v) is 21.8. The summed E-state index contributed by atoms with van der Waals surface area (Å²) >= 11 is 0. The van der Waals surface area contributed by atoms with Gasteiger partial charge in [0.25, 0.3) is 5.91 Å². The zero-order valence-electron chi connectivity index (χ0n) is 21.8. The lowest BCUT2D eigenvalue weighted by Crippen LogP contribution is -2.43. The number of fused-ring (bicyclic) bond motifs is 1. The summed E-state index contributed by atoms with van der Waals surface area (Å²) in [5, 5.41) is 16.1. The molecule has 9 heteroatoms. The molecular weight excluding hydrogens is 464 g/mol. The van der Waals surface area contributed by atoms with E-state index in [9.17, 15) is 4.79 Å². The van der Waals surface area contributed by atoms with Crippen LogP contribution in [0.1, 0.15) is 66.8 Å². The quantitative estimate of drug-likeness (QED) is 0.431. The number of nitrogens with zero attached hydrogens (tertiary/aromatic N) is 7. The van der Waals surface area contributed by atoms with Crippen LogP contribution in [0.2, 0.25) is 0 Å². The molecule has 6 rings (SSSR count). The average Bonchev–Trinajstić information content (AvgIpc) is 3.50. The van der Waals surface area contributed by atoms with Crippen molar-refractivity contribution in [2.45, 2.75) is 51.5 Å². The van der Waals surface area contributed by atoms with Gasteiger partial charge in [-0.1, -0.05) is 26.0 Å². The van der Waals surface area contributed by atoms with Crippen molar-refractivity contribution in [2.24, 2.45) is 18.9 Å². The van der Waals surface area contributed by atoms with Gasteiger partial charge in [0.1, 0.15) is 18.5 Å². The maximum Gasteiger partial charge on any atom is 0.259 e. The van der Waals surface area contributed by atoms with Crippen LogP contribution in [0.4, 0.5) is 5.69 Å². The fraction of sp³-hybridized carbons (Fsp3) is 0.464. The molecule has 2 fully saturated rings. The number of aryl methyl sites for hydroxylation is 1. The Bertz CT molecular complexity index is 1430. The molecule has 1 saturated heterocycles. The molecule has 4 heterocycles. The highest BCUT2D eigenvalue weighted by molar-refractivity contribution is 6.08. The first-order chi connectivity index (χ1) is 17.9. The van der Waals surface area contributed by atoms with Crippen molar-refractivity contribution in [2.75, 3.05) is 18.4 Å². The van der Waals surface area contributed by atoms with Gasteiger partial charge in [-0.2, -0.15) is 5.10 Å². The Morgan fingerprint density at radius 1 is 1.19 bits per heavy atom. The van der Waals surface area contributed by atoms with Crippen LogP contribution >= 0.6 is 0 Å². The minimum absolute atomic E-state index is 0.182. The number of nitrogens with one attached hydrogen (secondary N) is 1. The molecule has 1 aromatic carbocycles. The van der Waals surface area contributed by atoms with Gasteiger partial charge in [0.05, 0.1) is 11.0 Å². The average molecular weight is 499 g/mol. The molecule has 0 unspecified atom stereocenters. The molecule has 1 atom stereocenters. The molecule has 0 bridgehead atoms. The maximum absolute atomic E-state index is 13.6. The molecule has 4 aromatic rings. The van der Waals surface area contributed by atoms with Gasteiger partial charge in [-0.3, -0.25) is 9.69 Å². The Labute approximate surface area is 216 Å². The molecule has 1 amide bonds. The van der Waals surface area contributed by atoms with Crippen LogP contribution in [0.5, 0.6) is 0 Å². The monoisotopic (exact) mass is 498 g/mol. The summed E-state index contributed by atoms with van der Waals surface area (Å²) < 4.78 is 3.72. The molecule has 1 saturated carbocycles. The zero-order chi connectivity index (χ0) is 25.6. The normalized spacial score (nSPS) is 24.2. The first kappa shape index (κ1) is 23.8. The summed E-state index contributed by atoms with van der Waals surface area (Å²) in [6.45, 7) is 7.53. The molecule has 0 radical (unpaired) electrons.